The molecule has 76 valence electrons. The molecule has 3 rings (SSSR count). The van der Waals surface area contributed by atoms with Crippen LogP contribution in [0.3, 0.4) is 0 Å². The van der Waals surface area contributed by atoms with Crippen molar-refractivity contribution in [2.24, 2.45) is 0 Å². The molecule has 0 radical (unpaired) electrons. The summed E-state index contributed by atoms with van der Waals surface area (Å²) < 4.78 is 0. The SMILES string of the molecule is O=c1ccc2c(cn1)C1=C(CC2)NNC1. The highest BCUT2D eigenvalue weighted by Crippen LogP contribution is 2.29. The summed E-state index contributed by atoms with van der Waals surface area (Å²) in [5.41, 5.74) is 10.9. The van der Waals surface area contributed by atoms with E-state index in [9.17, 15) is 4.79 Å². The maximum Gasteiger partial charge on any atom is 0.269 e. The van der Waals surface area contributed by atoms with Crippen molar-refractivity contribution in [1.82, 2.24) is 15.8 Å². The number of aryl methyl sites for hydroxylation is 1. The standard InChI is InChI=1S/C11H11N3O/c15-11-4-2-7-1-3-10-9(6-13-14-10)8(7)5-12-11/h2,4-5,13-14H,1,3,6H2. The average molecular weight is 201 g/mol. The maximum atomic E-state index is 11.2. The molecule has 0 saturated carbocycles. The van der Waals surface area contributed by atoms with Crippen molar-refractivity contribution in [3.05, 3.63) is 45.5 Å². The number of nitrogens with zero attached hydrogens (tertiary/aromatic N) is 1. The molecule has 1 aromatic rings. The molecule has 1 aliphatic carbocycles. The Balaban J connectivity index is 2.24. The van der Waals surface area contributed by atoms with Crippen LogP contribution in [0, 0.1) is 0 Å². The third-order valence-electron chi connectivity index (χ3n) is 2.93. The molecule has 0 bridgehead atoms. The van der Waals surface area contributed by atoms with E-state index in [1.165, 1.54) is 16.8 Å². The number of aromatic nitrogens is 1. The molecule has 0 fully saturated rings. The quantitative estimate of drug-likeness (QED) is 0.630. The van der Waals surface area contributed by atoms with Gasteiger partial charge in [-0.2, -0.15) is 0 Å². The molecular formula is C11H11N3O. The number of hydrazine groups is 1. The van der Waals surface area contributed by atoms with Gasteiger partial charge in [0.05, 0.1) is 0 Å². The van der Waals surface area contributed by atoms with E-state index < -0.39 is 0 Å². The average Bonchev–Trinajstić information content (AvgIpc) is 2.64. The van der Waals surface area contributed by atoms with Gasteiger partial charge in [0.15, 0.2) is 0 Å². The fourth-order valence-electron chi connectivity index (χ4n) is 2.16. The van der Waals surface area contributed by atoms with Crippen molar-refractivity contribution in [2.75, 3.05) is 6.54 Å². The largest absolute Gasteiger partial charge is 0.325 e. The Morgan fingerprint density at radius 2 is 2.20 bits per heavy atom. The van der Waals surface area contributed by atoms with Crippen LogP contribution in [-0.2, 0) is 6.42 Å². The Morgan fingerprint density at radius 1 is 1.27 bits per heavy atom. The van der Waals surface area contributed by atoms with Gasteiger partial charge in [-0.15, -0.1) is 0 Å². The van der Waals surface area contributed by atoms with Crippen LogP contribution in [-0.4, -0.2) is 11.5 Å². The molecule has 2 aliphatic rings. The zero-order chi connectivity index (χ0) is 10.3. The summed E-state index contributed by atoms with van der Waals surface area (Å²) >= 11 is 0. The number of rotatable bonds is 0. The highest BCUT2D eigenvalue weighted by Gasteiger charge is 2.21. The fourth-order valence-corrected chi connectivity index (χ4v) is 2.16. The van der Waals surface area contributed by atoms with Crippen molar-refractivity contribution in [1.29, 1.82) is 0 Å². The molecule has 0 saturated heterocycles. The van der Waals surface area contributed by atoms with Crippen LogP contribution in [0.1, 0.15) is 17.5 Å². The summed E-state index contributed by atoms with van der Waals surface area (Å²) in [6, 6.07) is 3.44. The van der Waals surface area contributed by atoms with Crippen LogP contribution in [0.5, 0.6) is 0 Å². The summed E-state index contributed by atoms with van der Waals surface area (Å²) in [7, 11) is 0. The normalized spacial score (nSPS) is 18.1. The van der Waals surface area contributed by atoms with Crippen LogP contribution in [0.2, 0.25) is 0 Å². The third kappa shape index (κ3) is 1.34. The number of fused-ring (bicyclic) bond motifs is 2. The molecule has 2 N–H and O–H groups in total. The first kappa shape index (κ1) is 8.61. The van der Waals surface area contributed by atoms with E-state index >= 15 is 0 Å². The topological polar surface area (TPSA) is 54.0 Å². The molecule has 0 spiro atoms. The van der Waals surface area contributed by atoms with E-state index in [1.807, 2.05) is 6.07 Å². The lowest BCUT2D eigenvalue weighted by molar-refractivity contribution is 0.674. The van der Waals surface area contributed by atoms with E-state index in [-0.39, 0.29) is 5.56 Å². The summed E-state index contributed by atoms with van der Waals surface area (Å²) in [6.45, 7) is 0.808. The van der Waals surface area contributed by atoms with Gasteiger partial charge in [-0.25, -0.2) is 10.4 Å². The lowest BCUT2D eigenvalue weighted by Gasteiger charge is -2.14. The molecule has 1 aromatic heterocycles. The molecule has 4 nitrogen and oxygen atoms in total. The number of nitrogens with one attached hydrogen (secondary N) is 2. The van der Waals surface area contributed by atoms with Crippen molar-refractivity contribution >= 4 is 5.57 Å². The van der Waals surface area contributed by atoms with E-state index in [4.69, 9.17) is 0 Å². The van der Waals surface area contributed by atoms with Crippen LogP contribution in [0.15, 0.2) is 28.8 Å². The van der Waals surface area contributed by atoms with Gasteiger partial charge in [-0.3, -0.25) is 4.79 Å². The summed E-state index contributed by atoms with van der Waals surface area (Å²) in [5, 5.41) is 0. The molecule has 4 heteroatoms. The first-order chi connectivity index (χ1) is 7.34. The molecule has 0 amide bonds. The predicted octanol–water partition coefficient (Wildman–Crippen LogP) is 0.207. The van der Waals surface area contributed by atoms with Gasteiger partial charge in [-0.1, -0.05) is 6.07 Å². The number of allylic oxidation sites excluding steroid dienone is 1. The minimum atomic E-state index is -0.175. The molecule has 0 aromatic carbocycles. The predicted molar refractivity (Wildman–Crippen MR) is 56.9 cm³/mol. The lowest BCUT2D eigenvalue weighted by atomic mass is 9.92. The first-order valence-electron chi connectivity index (χ1n) is 5.05. The van der Waals surface area contributed by atoms with E-state index in [2.05, 4.69) is 15.8 Å². The Hall–Kier alpha value is -1.68. The van der Waals surface area contributed by atoms with Gasteiger partial charge in [0.2, 0.25) is 0 Å². The zero-order valence-electron chi connectivity index (χ0n) is 8.21. The van der Waals surface area contributed by atoms with Crippen molar-refractivity contribution in [3.63, 3.8) is 0 Å². The number of hydrogen-bond acceptors (Lipinski definition) is 4. The Morgan fingerprint density at radius 3 is 3.13 bits per heavy atom. The van der Waals surface area contributed by atoms with Gasteiger partial charge < -0.3 is 5.43 Å². The first-order valence-corrected chi connectivity index (χ1v) is 5.05. The Bertz CT molecular complexity index is 507. The second-order valence-corrected chi connectivity index (χ2v) is 3.80. The summed E-state index contributed by atoms with van der Waals surface area (Å²) in [4.78, 5) is 15.0. The Labute approximate surface area is 87.0 Å². The molecule has 0 unspecified atom stereocenters. The van der Waals surface area contributed by atoms with Crippen molar-refractivity contribution in [2.45, 2.75) is 12.8 Å². The fraction of sp³-hybridized carbons (Fsp3) is 0.273. The monoisotopic (exact) mass is 201 g/mol. The Kier molecular flexibility index (Phi) is 1.82. The third-order valence-corrected chi connectivity index (χ3v) is 2.93. The second kappa shape index (κ2) is 3.17. The van der Waals surface area contributed by atoms with Crippen molar-refractivity contribution < 1.29 is 0 Å². The van der Waals surface area contributed by atoms with Gasteiger partial charge in [0.1, 0.15) is 0 Å². The second-order valence-electron chi connectivity index (χ2n) is 3.80. The summed E-state index contributed by atoms with van der Waals surface area (Å²) in [6.07, 6.45) is 3.67. The maximum absolute atomic E-state index is 11.2. The minimum Gasteiger partial charge on any atom is -0.325 e. The van der Waals surface area contributed by atoms with Crippen molar-refractivity contribution in [3.8, 4) is 0 Å². The highest BCUT2D eigenvalue weighted by molar-refractivity contribution is 5.74. The molecule has 15 heavy (non-hydrogen) atoms. The minimum absolute atomic E-state index is 0.175. The van der Waals surface area contributed by atoms with Gasteiger partial charge >= 0.3 is 0 Å². The molecule has 2 heterocycles. The lowest BCUT2D eigenvalue weighted by Crippen LogP contribution is -2.23. The van der Waals surface area contributed by atoms with Gasteiger partial charge in [0, 0.05) is 30.1 Å². The van der Waals surface area contributed by atoms with Crippen LogP contribution >= 0.6 is 0 Å². The summed E-state index contributed by atoms with van der Waals surface area (Å²) in [5.74, 6) is 0. The highest BCUT2D eigenvalue weighted by atomic mass is 16.1. The van der Waals surface area contributed by atoms with Crippen LogP contribution in [0.4, 0.5) is 0 Å². The van der Waals surface area contributed by atoms with Crippen LogP contribution < -0.4 is 16.4 Å². The van der Waals surface area contributed by atoms with E-state index in [0.717, 1.165) is 24.9 Å². The van der Waals surface area contributed by atoms with E-state index in [1.54, 1.807) is 12.3 Å². The molecule has 1 aliphatic heterocycles. The number of hydrogen-bond donors (Lipinski definition) is 2. The smallest absolute Gasteiger partial charge is 0.269 e. The van der Waals surface area contributed by atoms with Gasteiger partial charge in [-0.05, 0) is 24.0 Å². The van der Waals surface area contributed by atoms with Crippen LogP contribution in [0.25, 0.3) is 5.57 Å². The zero-order valence-corrected chi connectivity index (χ0v) is 8.21. The molecular weight excluding hydrogens is 190 g/mol. The van der Waals surface area contributed by atoms with Gasteiger partial charge in [0.25, 0.3) is 5.56 Å². The molecule has 0 atom stereocenters. The van der Waals surface area contributed by atoms with E-state index in [0.29, 0.717) is 0 Å².